The molecule has 4 aliphatic heterocycles. The number of rotatable bonds is 27. The minimum Gasteiger partial charge on any atom is -0.493 e. The molecule has 442 valence electrons. The van der Waals surface area contributed by atoms with E-state index in [1.807, 2.05) is 44.5 Å². The molecule has 6 amide bonds. The van der Waals surface area contributed by atoms with E-state index >= 15 is 0 Å². The number of ketones is 1. The third kappa shape index (κ3) is 15.8. The normalized spacial score (nSPS) is 16.7. The van der Waals surface area contributed by atoms with Gasteiger partial charge in [0.1, 0.15) is 6.04 Å². The number of anilines is 2. The highest BCUT2D eigenvalue weighted by Gasteiger charge is 2.34. The lowest BCUT2D eigenvalue weighted by Crippen LogP contribution is -2.45. The summed E-state index contributed by atoms with van der Waals surface area (Å²) in [4.78, 5) is 105. The van der Waals surface area contributed by atoms with Gasteiger partial charge in [0, 0.05) is 112 Å². The number of aliphatic imine (C=N–C) groups is 2. The molecule has 0 aliphatic carbocycles. The van der Waals surface area contributed by atoms with Crippen molar-refractivity contribution in [2.75, 3.05) is 84.0 Å². The average molecular weight is 1150 g/mol. The van der Waals surface area contributed by atoms with Gasteiger partial charge in [0.25, 0.3) is 17.7 Å². The molecule has 3 unspecified atom stereocenters. The summed E-state index contributed by atoms with van der Waals surface area (Å²) in [7, 11) is 5.20. The number of carbonyl (C=O) groups is 7. The fourth-order valence-corrected chi connectivity index (χ4v) is 10.2. The first-order chi connectivity index (χ1) is 40.5. The highest BCUT2D eigenvalue weighted by atomic mass is 16.5. The summed E-state index contributed by atoms with van der Waals surface area (Å²) in [5.74, 6) is -0.707. The van der Waals surface area contributed by atoms with Gasteiger partial charge in [-0.2, -0.15) is 0 Å². The first-order valence-electron chi connectivity index (χ1n) is 28.5. The molecule has 20 nitrogen and oxygen atoms in total. The number of hydrogen-bond donors (Lipinski definition) is 3. The van der Waals surface area contributed by atoms with E-state index in [4.69, 9.17) is 28.9 Å². The quantitative estimate of drug-likeness (QED) is 0.0221. The average Bonchev–Trinajstić information content (AvgIpc) is 3.26. The predicted octanol–water partition coefficient (Wildman–Crippen LogP) is 8.35. The maximum absolute atomic E-state index is 14.1. The molecule has 3 N–H and O–H groups in total. The van der Waals surface area contributed by atoms with Crippen LogP contribution in [0.25, 0.3) is 11.1 Å². The zero-order valence-corrected chi connectivity index (χ0v) is 48.9. The Kier molecular flexibility index (Phi) is 21.0. The van der Waals surface area contributed by atoms with Gasteiger partial charge < -0.3 is 49.6 Å². The Morgan fingerprint density at radius 3 is 2.14 bits per heavy atom. The highest BCUT2D eigenvalue weighted by molar-refractivity contribution is 6.13. The van der Waals surface area contributed by atoms with Gasteiger partial charge in [-0.25, -0.2) is 0 Å². The number of amides is 6. The van der Waals surface area contributed by atoms with E-state index < -0.39 is 17.9 Å². The second kappa shape index (κ2) is 28.9. The van der Waals surface area contributed by atoms with Crippen molar-refractivity contribution in [3.63, 3.8) is 0 Å². The molecule has 4 heterocycles. The monoisotopic (exact) mass is 1150 g/mol. The number of piperazine rings is 1. The van der Waals surface area contributed by atoms with Crippen LogP contribution < -0.4 is 39.8 Å². The van der Waals surface area contributed by atoms with Crippen LogP contribution >= 0.6 is 0 Å². The van der Waals surface area contributed by atoms with E-state index in [1.165, 1.54) is 39.0 Å². The number of ether oxygens (including phenoxy) is 4. The summed E-state index contributed by atoms with van der Waals surface area (Å²) in [5.41, 5.74) is 7.60. The molecule has 0 bridgehead atoms. The van der Waals surface area contributed by atoms with Crippen molar-refractivity contribution in [3.8, 4) is 23.0 Å². The number of allylic oxidation sites excluding steroid dienone is 2. The van der Waals surface area contributed by atoms with Gasteiger partial charge in [0.2, 0.25) is 17.7 Å². The molecule has 84 heavy (non-hydrogen) atoms. The van der Waals surface area contributed by atoms with E-state index in [-0.39, 0.29) is 67.6 Å². The van der Waals surface area contributed by atoms with Crippen molar-refractivity contribution < 1.29 is 52.5 Å². The smallest absolute Gasteiger partial charge is 0.260 e. The summed E-state index contributed by atoms with van der Waals surface area (Å²) >= 11 is 0. The summed E-state index contributed by atoms with van der Waals surface area (Å²) in [6.07, 6.45) is 13.7. The number of nitrogens with one attached hydrogen (secondary N) is 3. The number of unbranched alkanes of at least 4 members (excludes halogenated alkanes) is 2. The number of carbonyl (C=O) groups excluding carboxylic acids is 7. The van der Waals surface area contributed by atoms with Crippen LogP contribution in [0.5, 0.6) is 23.0 Å². The molecule has 4 aliphatic rings. The van der Waals surface area contributed by atoms with Crippen molar-refractivity contribution in [2.45, 2.75) is 84.7 Å². The number of fused-ring (bicyclic) bond motifs is 2. The molecule has 1 fully saturated rings. The molecule has 0 aromatic heterocycles. The number of nitrogens with zero attached hydrogens (tertiary/aromatic N) is 6. The second-order valence-corrected chi connectivity index (χ2v) is 21.3. The SMILES string of the molecule is C/C=C(\CC(C)C=Nc1cc(OCCCOc2cc3c(cc2OC)C(=O)N2C=C(c4ccc(N5CCN(C)CC5)cc4)CC2C=N3)c(OC)cc1C(C)=O)c1ccc(NC(=O)C(C)NC(=O)CNC(=O)CCCCCN2C(=O)C=CC2=O)cc1. The molecule has 0 radical (unpaired) electrons. The van der Waals surface area contributed by atoms with Crippen LogP contribution in [0.1, 0.15) is 104 Å². The molecule has 0 saturated carbocycles. The lowest BCUT2D eigenvalue weighted by molar-refractivity contribution is -0.137. The Labute approximate surface area is 490 Å². The first-order valence-corrected chi connectivity index (χ1v) is 28.5. The number of methoxy groups -OCH3 is 2. The molecule has 1 saturated heterocycles. The number of Topliss-reactive ketones (excluding diaryl/α,β-unsaturated/α-hetero) is 1. The van der Waals surface area contributed by atoms with E-state index in [0.29, 0.717) is 96.3 Å². The molecule has 3 atom stereocenters. The van der Waals surface area contributed by atoms with Gasteiger partial charge in [0.05, 0.1) is 57.0 Å². The summed E-state index contributed by atoms with van der Waals surface area (Å²) in [5, 5.41) is 7.98. The standard InChI is InChI=1S/C64H75N9O11/c1-8-44(45-14-18-48(19-15-45)69-63(79)42(3)68-60(76)39-67-59(75)13-10-9-11-24-72-61(77)22-23-62(72)78)31-41(2)37-65-53-35-57(55(81-6)33-51(53)43(4)74)83-29-12-30-84-58-36-54-52(34-56(58)82-7)64(80)73-40-47(32-50(73)38-66-54)46-16-20-49(21-17-46)71-27-25-70(5)26-28-71/h8,14-23,33-38,40-42,50H,9-13,24-32,39H2,1-7H3,(H,67,75)(H,68,76)(H,69,79)/b44-8+,65-37?. The fourth-order valence-electron chi connectivity index (χ4n) is 10.2. The molecule has 20 heteroatoms. The number of benzene rings is 4. The van der Waals surface area contributed by atoms with Crippen molar-refractivity contribution in [1.29, 1.82) is 0 Å². The van der Waals surface area contributed by atoms with Crippen molar-refractivity contribution in [1.82, 2.24) is 25.3 Å². The lowest BCUT2D eigenvalue weighted by atomic mass is 9.95. The van der Waals surface area contributed by atoms with Crippen LogP contribution in [0, 0.1) is 5.92 Å². The van der Waals surface area contributed by atoms with Gasteiger partial charge in [-0.15, -0.1) is 0 Å². The van der Waals surface area contributed by atoms with E-state index in [1.54, 1.807) is 54.4 Å². The Bertz CT molecular complexity index is 3230. The number of likely N-dealkylation sites (N-methyl/N-ethyl adjacent to an activating group) is 1. The van der Waals surface area contributed by atoms with E-state index in [2.05, 4.69) is 57.1 Å². The molecular weight excluding hydrogens is 1070 g/mol. The topological polar surface area (TPSA) is 230 Å². The predicted molar refractivity (Wildman–Crippen MR) is 324 cm³/mol. The zero-order valence-electron chi connectivity index (χ0n) is 48.9. The van der Waals surface area contributed by atoms with Crippen molar-refractivity contribution in [3.05, 3.63) is 119 Å². The van der Waals surface area contributed by atoms with Gasteiger partial charge in [-0.05, 0) is 112 Å². The fraction of sp³-hybridized carbons (Fsp3) is 0.391. The Morgan fingerprint density at radius 2 is 1.48 bits per heavy atom. The van der Waals surface area contributed by atoms with Crippen LogP contribution in [0.2, 0.25) is 0 Å². The third-order valence-corrected chi connectivity index (χ3v) is 15.1. The maximum atomic E-state index is 14.1. The molecule has 0 spiro atoms. The minimum atomic E-state index is -0.884. The highest BCUT2D eigenvalue weighted by Crippen LogP contribution is 2.41. The van der Waals surface area contributed by atoms with Crippen LogP contribution in [0.4, 0.5) is 22.7 Å². The van der Waals surface area contributed by atoms with Gasteiger partial charge >= 0.3 is 0 Å². The minimum absolute atomic E-state index is 0.0615. The Balaban J connectivity index is 0.784. The third-order valence-electron chi connectivity index (χ3n) is 15.1. The first kappa shape index (κ1) is 61.2. The molecule has 4 aromatic rings. The number of hydrogen-bond acceptors (Lipinski definition) is 15. The molecule has 8 rings (SSSR count). The lowest BCUT2D eigenvalue weighted by Gasteiger charge is -2.34. The Hall–Kier alpha value is -8.91. The van der Waals surface area contributed by atoms with Gasteiger partial charge in [-0.1, -0.05) is 43.7 Å². The second-order valence-electron chi connectivity index (χ2n) is 21.3. The Morgan fingerprint density at radius 1 is 0.798 bits per heavy atom. The van der Waals surface area contributed by atoms with E-state index in [0.717, 1.165) is 53.4 Å². The van der Waals surface area contributed by atoms with Gasteiger partial charge in [0.15, 0.2) is 28.8 Å². The van der Waals surface area contributed by atoms with Crippen LogP contribution in [0.3, 0.4) is 0 Å². The van der Waals surface area contributed by atoms with Gasteiger partial charge in [-0.3, -0.25) is 48.4 Å². The molecule has 4 aromatic carbocycles. The van der Waals surface area contributed by atoms with Crippen LogP contribution in [0.15, 0.2) is 107 Å². The largest absolute Gasteiger partial charge is 0.493 e. The summed E-state index contributed by atoms with van der Waals surface area (Å²) in [6, 6.07) is 21.6. The zero-order chi connectivity index (χ0) is 59.9. The van der Waals surface area contributed by atoms with Crippen LogP contribution in [-0.4, -0.2) is 154 Å². The number of imide groups is 1. The van der Waals surface area contributed by atoms with Crippen LogP contribution in [-0.2, 0) is 24.0 Å². The molecular formula is C64H75N9O11. The maximum Gasteiger partial charge on any atom is 0.260 e. The summed E-state index contributed by atoms with van der Waals surface area (Å²) < 4.78 is 23.8. The van der Waals surface area contributed by atoms with E-state index in [9.17, 15) is 33.6 Å². The summed E-state index contributed by atoms with van der Waals surface area (Å²) in [6.45, 7) is 11.6. The van der Waals surface area contributed by atoms with Crippen molar-refractivity contribution in [2.24, 2.45) is 15.9 Å². The van der Waals surface area contributed by atoms with Crippen molar-refractivity contribution >= 4 is 87.6 Å².